The van der Waals surface area contributed by atoms with Crippen LogP contribution in [-0.2, 0) is 25.5 Å². The maximum Gasteiger partial charge on any atom is 0.407 e. The lowest BCUT2D eigenvalue weighted by atomic mass is 9.83. The number of fused-ring (bicyclic) bond motifs is 3. The molecule has 2 fully saturated rings. The standard InChI is InChI=1S/C30H38IN3O6/c1-2-38-29(36)23-18-24-26(31)34(23)28(35)25(21-10-6-3-7-11-21)33-30(37)39-16-8-4-5-9-19-12-13-20-14-15-32-27(40-24)22(20)17-19/h12-15,17,21,23-26H,2-11,16,18H2,1H3,(H,33,37)/t23-,24-,25-,26-/m0/s1. The van der Waals surface area contributed by atoms with Crippen LogP contribution in [0.15, 0.2) is 30.5 Å². The van der Waals surface area contributed by atoms with Gasteiger partial charge in [-0.3, -0.25) is 4.79 Å². The van der Waals surface area contributed by atoms with Crippen molar-refractivity contribution in [2.45, 2.75) is 93.4 Å². The monoisotopic (exact) mass is 663 g/mol. The van der Waals surface area contributed by atoms with Gasteiger partial charge in [0.05, 0.1) is 13.2 Å². The molecule has 2 aliphatic heterocycles. The quantitative estimate of drug-likeness (QED) is 0.206. The molecule has 10 heteroatoms. The van der Waals surface area contributed by atoms with Crippen molar-refractivity contribution in [3.8, 4) is 5.88 Å². The van der Waals surface area contributed by atoms with Gasteiger partial charge in [-0.2, -0.15) is 0 Å². The first-order valence-corrected chi connectivity index (χ1v) is 15.8. The molecule has 216 valence electrons. The fourth-order valence-electron chi connectivity index (χ4n) is 6.16. The number of halogens is 1. The topological polar surface area (TPSA) is 107 Å². The fraction of sp³-hybridized carbons (Fsp3) is 0.600. The van der Waals surface area contributed by atoms with Gasteiger partial charge in [-0.15, -0.1) is 0 Å². The molecular weight excluding hydrogens is 625 g/mol. The number of carbonyl (C=O) groups excluding carboxylic acids is 3. The van der Waals surface area contributed by atoms with Gasteiger partial charge < -0.3 is 24.4 Å². The van der Waals surface area contributed by atoms with Crippen LogP contribution in [0.25, 0.3) is 10.8 Å². The van der Waals surface area contributed by atoms with E-state index in [1.54, 1.807) is 18.0 Å². The summed E-state index contributed by atoms with van der Waals surface area (Å²) in [7, 11) is 0. The minimum atomic E-state index is -0.823. The first-order valence-electron chi connectivity index (χ1n) is 14.6. The van der Waals surface area contributed by atoms with E-state index in [0.717, 1.165) is 68.6 Å². The molecule has 1 aliphatic carbocycles. The third kappa shape index (κ3) is 6.47. The lowest BCUT2D eigenvalue weighted by Crippen LogP contribution is -2.56. The van der Waals surface area contributed by atoms with Crippen molar-refractivity contribution in [3.63, 3.8) is 0 Å². The van der Waals surface area contributed by atoms with Crippen LogP contribution < -0.4 is 10.1 Å². The molecule has 3 heterocycles. The molecule has 3 aliphatic rings. The van der Waals surface area contributed by atoms with Gasteiger partial charge in [0.25, 0.3) is 0 Å². The van der Waals surface area contributed by atoms with Crippen molar-refractivity contribution in [2.75, 3.05) is 13.2 Å². The molecule has 4 atom stereocenters. The molecule has 9 nitrogen and oxygen atoms in total. The van der Waals surface area contributed by atoms with Gasteiger partial charge in [0.15, 0.2) is 0 Å². The smallest absolute Gasteiger partial charge is 0.407 e. The summed E-state index contributed by atoms with van der Waals surface area (Å²) in [5, 5.41) is 4.83. The van der Waals surface area contributed by atoms with E-state index >= 15 is 0 Å². The first kappa shape index (κ1) is 28.9. The Kier molecular flexibility index (Phi) is 9.64. The summed E-state index contributed by atoms with van der Waals surface area (Å²) in [5.74, 6) is -0.284. The van der Waals surface area contributed by atoms with Crippen molar-refractivity contribution < 1.29 is 28.6 Å². The minimum Gasteiger partial charge on any atom is -0.471 e. The molecule has 5 rings (SSSR count). The van der Waals surface area contributed by atoms with Crippen molar-refractivity contribution in [1.82, 2.24) is 15.2 Å². The predicted molar refractivity (Wildman–Crippen MR) is 158 cm³/mol. The number of pyridine rings is 1. The lowest BCUT2D eigenvalue weighted by molar-refractivity contribution is -0.154. The summed E-state index contributed by atoms with van der Waals surface area (Å²) in [6, 6.07) is 6.67. The van der Waals surface area contributed by atoms with Crippen LogP contribution in [0.2, 0.25) is 0 Å². The largest absolute Gasteiger partial charge is 0.471 e. The van der Waals surface area contributed by atoms with Crippen LogP contribution in [0.3, 0.4) is 0 Å². The summed E-state index contributed by atoms with van der Waals surface area (Å²) >= 11 is 2.18. The second-order valence-corrected chi connectivity index (χ2v) is 12.2. The number of alkyl carbamates (subject to hydrolysis) is 1. The number of benzene rings is 1. The fourth-order valence-corrected chi connectivity index (χ4v) is 7.26. The third-order valence-corrected chi connectivity index (χ3v) is 9.64. The molecule has 4 bridgehead atoms. The van der Waals surface area contributed by atoms with E-state index in [2.05, 4.69) is 51.1 Å². The summed E-state index contributed by atoms with van der Waals surface area (Å²) in [6.45, 7) is 2.25. The number of hydrogen-bond acceptors (Lipinski definition) is 7. The van der Waals surface area contributed by atoms with Gasteiger partial charge in [0.2, 0.25) is 11.8 Å². The number of hydrogen-bond donors (Lipinski definition) is 1. The van der Waals surface area contributed by atoms with Gasteiger partial charge in [-0.25, -0.2) is 14.6 Å². The number of aryl methyl sites for hydroxylation is 1. The molecule has 1 saturated heterocycles. The number of rotatable bonds is 3. The predicted octanol–water partition coefficient (Wildman–Crippen LogP) is 5.31. The Morgan fingerprint density at radius 2 is 1.93 bits per heavy atom. The molecule has 1 aromatic carbocycles. The van der Waals surface area contributed by atoms with Crippen molar-refractivity contribution in [3.05, 3.63) is 36.0 Å². The molecule has 0 spiro atoms. The van der Waals surface area contributed by atoms with Crippen LogP contribution in [0.1, 0.15) is 70.3 Å². The molecule has 0 radical (unpaired) electrons. The number of cyclic esters (lactones) is 1. The second kappa shape index (κ2) is 13.4. The van der Waals surface area contributed by atoms with E-state index < -0.39 is 34.3 Å². The van der Waals surface area contributed by atoms with E-state index in [0.29, 0.717) is 12.5 Å². The van der Waals surface area contributed by atoms with E-state index in [1.807, 2.05) is 6.07 Å². The molecule has 1 saturated carbocycles. The average molecular weight is 664 g/mol. The molecule has 1 aromatic heterocycles. The molecule has 2 aromatic rings. The summed E-state index contributed by atoms with van der Waals surface area (Å²) in [4.78, 5) is 46.4. The van der Waals surface area contributed by atoms with Gasteiger partial charge >= 0.3 is 12.1 Å². The highest BCUT2D eigenvalue weighted by Crippen LogP contribution is 2.37. The summed E-state index contributed by atoms with van der Waals surface area (Å²) in [6.07, 6.45) is 9.23. The average Bonchev–Trinajstić information content (AvgIpc) is 3.29. The Labute approximate surface area is 248 Å². The molecule has 40 heavy (non-hydrogen) atoms. The van der Waals surface area contributed by atoms with Gasteiger partial charge in [0.1, 0.15) is 22.2 Å². The van der Waals surface area contributed by atoms with E-state index in [9.17, 15) is 14.4 Å². The van der Waals surface area contributed by atoms with Crippen molar-refractivity contribution >= 4 is 51.3 Å². The van der Waals surface area contributed by atoms with Gasteiger partial charge in [0, 0.05) is 18.0 Å². The van der Waals surface area contributed by atoms with Crippen LogP contribution in [-0.4, -0.2) is 63.3 Å². The van der Waals surface area contributed by atoms with Gasteiger partial charge in [-0.05, 0) is 74.4 Å². The van der Waals surface area contributed by atoms with Crippen molar-refractivity contribution in [1.29, 1.82) is 0 Å². The zero-order valence-electron chi connectivity index (χ0n) is 23.0. The van der Waals surface area contributed by atoms with E-state index in [1.165, 1.54) is 5.56 Å². The molecular formula is C30H38IN3O6. The third-order valence-electron chi connectivity index (χ3n) is 8.24. The Hall–Kier alpha value is -2.63. The number of nitrogens with zero attached hydrogens (tertiary/aromatic N) is 2. The number of nitrogens with one attached hydrogen (secondary N) is 1. The van der Waals surface area contributed by atoms with Crippen LogP contribution in [0.5, 0.6) is 5.88 Å². The number of amides is 2. The van der Waals surface area contributed by atoms with E-state index in [-0.39, 0.29) is 24.9 Å². The van der Waals surface area contributed by atoms with Crippen molar-refractivity contribution in [2.24, 2.45) is 5.92 Å². The molecule has 1 N–H and O–H groups in total. The Balaban J connectivity index is 1.51. The maximum atomic E-state index is 14.3. The van der Waals surface area contributed by atoms with Crippen LogP contribution >= 0.6 is 22.6 Å². The van der Waals surface area contributed by atoms with Crippen LogP contribution in [0, 0.1) is 5.92 Å². The summed E-state index contributed by atoms with van der Waals surface area (Å²) < 4.78 is 16.9. The number of ether oxygens (including phenoxy) is 3. The first-order chi connectivity index (χ1) is 19.5. The Bertz CT molecular complexity index is 1220. The highest BCUT2D eigenvalue weighted by molar-refractivity contribution is 14.1. The minimum absolute atomic E-state index is 0.0241. The number of alkyl halides is 1. The second-order valence-electron chi connectivity index (χ2n) is 10.9. The maximum absolute atomic E-state index is 14.3. The number of esters is 1. The zero-order chi connectivity index (χ0) is 28.1. The molecule has 0 unspecified atom stereocenters. The highest BCUT2D eigenvalue weighted by atomic mass is 127. The Morgan fingerprint density at radius 1 is 1.12 bits per heavy atom. The van der Waals surface area contributed by atoms with E-state index in [4.69, 9.17) is 14.2 Å². The number of carbonyl (C=O) groups is 3. The zero-order valence-corrected chi connectivity index (χ0v) is 25.1. The Morgan fingerprint density at radius 3 is 2.73 bits per heavy atom. The normalized spacial score (nSPS) is 26.9. The number of aromatic nitrogens is 1. The summed E-state index contributed by atoms with van der Waals surface area (Å²) in [5.41, 5.74) is 1.18. The highest BCUT2D eigenvalue weighted by Gasteiger charge is 2.51. The van der Waals surface area contributed by atoms with Crippen LogP contribution in [0.4, 0.5) is 4.79 Å². The SMILES string of the molecule is CCOC(=O)[C@@H]1C[C@@H]2Oc3nccc4ccc(cc34)CCCCCOC(=O)N[C@@H](C3CCCCC3)C(=O)N1[C@@H]2I. The molecule has 2 amide bonds. The van der Waals surface area contributed by atoms with Gasteiger partial charge in [-0.1, -0.05) is 54.0 Å². The lowest BCUT2D eigenvalue weighted by Gasteiger charge is -2.35.